The second kappa shape index (κ2) is 11.7. The van der Waals surface area contributed by atoms with Gasteiger partial charge in [0.2, 0.25) is 0 Å². The summed E-state index contributed by atoms with van der Waals surface area (Å²) in [7, 11) is 0. The molecule has 0 spiro atoms. The Bertz CT molecular complexity index is 480. The summed E-state index contributed by atoms with van der Waals surface area (Å²) in [5.74, 6) is 1.94. The summed E-state index contributed by atoms with van der Waals surface area (Å²) in [6.45, 7) is 13.4. The van der Waals surface area contributed by atoms with Crippen molar-refractivity contribution in [1.29, 1.82) is 0 Å². The fourth-order valence-corrected chi connectivity index (χ4v) is 4.42. The second-order valence-corrected chi connectivity index (χ2v) is 7.98. The molecule has 2 atom stereocenters. The fraction of sp³-hybridized carbons (Fsp3) is 0.792. The maximum Gasteiger partial charge on any atom is 0.159 e. The minimum absolute atomic E-state index is 0.447. The van der Waals surface area contributed by atoms with Gasteiger partial charge < -0.3 is 0 Å². The van der Waals surface area contributed by atoms with E-state index in [2.05, 4.69) is 27.7 Å². The van der Waals surface area contributed by atoms with Gasteiger partial charge in [0, 0.05) is 6.42 Å². The smallest absolute Gasteiger partial charge is 0.159 e. The van der Waals surface area contributed by atoms with E-state index in [1.807, 2.05) is 13.8 Å². The fourth-order valence-electron chi connectivity index (χ4n) is 4.42. The van der Waals surface area contributed by atoms with Gasteiger partial charge in [-0.05, 0) is 74.0 Å². The van der Waals surface area contributed by atoms with Gasteiger partial charge in [-0.1, -0.05) is 65.9 Å². The van der Waals surface area contributed by atoms with Gasteiger partial charge in [0.1, 0.15) is 0 Å². The Morgan fingerprint density at radius 3 is 2.16 bits per heavy atom. The van der Waals surface area contributed by atoms with Crippen molar-refractivity contribution in [3.05, 3.63) is 22.3 Å². The van der Waals surface area contributed by atoms with Crippen LogP contribution in [-0.4, -0.2) is 5.78 Å². The molecule has 0 heterocycles. The first-order chi connectivity index (χ1) is 12.0. The van der Waals surface area contributed by atoms with E-state index < -0.39 is 0 Å². The molecule has 2 rings (SSSR count). The lowest BCUT2D eigenvalue weighted by Crippen LogP contribution is -2.15. The lowest BCUT2D eigenvalue weighted by Gasteiger charge is -2.26. The van der Waals surface area contributed by atoms with Crippen LogP contribution >= 0.6 is 0 Å². The van der Waals surface area contributed by atoms with Crippen molar-refractivity contribution in [3.63, 3.8) is 0 Å². The average Bonchev–Trinajstić information content (AvgIpc) is 2.79. The van der Waals surface area contributed by atoms with Crippen LogP contribution in [0, 0.1) is 11.8 Å². The molecule has 1 nitrogen and oxygen atoms in total. The van der Waals surface area contributed by atoms with Crippen LogP contribution in [0.2, 0.25) is 0 Å². The Kier molecular flexibility index (Phi) is 10.4. The highest BCUT2D eigenvalue weighted by Gasteiger charge is 2.27. The zero-order valence-corrected chi connectivity index (χ0v) is 17.8. The van der Waals surface area contributed by atoms with Crippen molar-refractivity contribution in [2.75, 3.05) is 0 Å². The van der Waals surface area contributed by atoms with Crippen LogP contribution in [0.5, 0.6) is 0 Å². The molecule has 0 saturated carbocycles. The minimum Gasteiger partial charge on any atom is -0.295 e. The van der Waals surface area contributed by atoms with Gasteiger partial charge in [-0.3, -0.25) is 4.79 Å². The van der Waals surface area contributed by atoms with Crippen molar-refractivity contribution in [2.45, 2.75) is 112 Å². The number of hydrogen-bond acceptors (Lipinski definition) is 1. The van der Waals surface area contributed by atoms with Gasteiger partial charge in [-0.15, -0.1) is 0 Å². The van der Waals surface area contributed by atoms with E-state index in [0.29, 0.717) is 11.7 Å². The molecule has 0 amide bonds. The normalized spacial score (nSPS) is 20.5. The molecule has 0 aromatic rings. The first-order valence-corrected chi connectivity index (χ1v) is 11.0. The summed E-state index contributed by atoms with van der Waals surface area (Å²) in [5, 5.41) is 0. The molecule has 2 unspecified atom stereocenters. The third-order valence-corrected chi connectivity index (χ3v) is 6.07. The third-order valence-electron chi connectivity index (χ3n) is 6.07. The summed E-state index contributed by atoms with van der Waals surface area (Å²) in [6, 6.07) is 0. The van der Waals surface area contributed by atoms with E-state index in [-0.39, 0.29) is 0 Å². The molecular weight excluding hydrogens is 304 g/mol. The van der Waals surface area contributed by atoms with Crippen molar-refractivity contribution < 1.29 is 4.79 Å². The van der Waals surface area contributed by atoms with Gasteiger partial charge >= 0.3 is 0 Å². The molecule has 0 aliphatic heterocycles. The van der Waals surface area contributed by atoms with Crippen LogP contribution in [0.3, 0.4) is 0 Å². The number of carbonyl (C=O) groups excluding carboxylic acids is 1. The monoisotopic (exact) mass is 346 g/mol. The number of allylic oxidation sites excluding steroid dienone is 4. The van der Waals surface area contributed by atoms with E-state index in [1.165, 1.54) is 56.1 Å². The summed E-state index contributed by atoms with van der Waals surface area (Å²) in [5.41, 5.74) is 5.81. The molecule has 25 heavy (non-hydrogen) atoms. The second-order valence-electron chi connectivity index (χ2n) is 7.98. The Morgan fingerprint density at radius 2 is 1.48 bits per heavy atom. The predicted octanol–water partition coefficient (Wildman–Crippen LogP) is 7.81. The predicted molar refractivity (Wildman–Crippen MR) is 111 cm³/mol. The Hall–Kier alpha value is -0.850. The Morgan fingerprint density at radius 1 is 0.880 bits per heavy atom. The van der Waals surface area contributed by atoms with Crippen LogP contribution in [0.1, 0.15) is 112 Å². The van der Waals surface area contributed by atoms with Crippen molar-refractivity contribution >= 4 is 5.78 Å². The summed E-state index contributed by atoms with van der Waals surface area (Å²) >= 11 is 0. The lowest BCUT2D eigenvalue weighted by molar-refractivity contribution is -0.116. The zero-order chi connectivity index (χ0) is 18.8. The van der Waals surface area contributed by atoms with Crippen molar-refractivity contribution in [2.24, 2.45) is 11.8 Å². The molecule has 0 radical (unpaired) electrons. The minimum atomic E-state index is 0.447. The molecule has 0 saturated heterocycles. The topological polar surface area (TPSA) is 17.1 Å². The summed E-state index contributed by atoms with van der Waals surface area (Å²) in [6.07, 6.45) is 13.0. The third kappa shape index (κ3) is 6.42. The van der Waals surface area contributed by atoms with Crippen LogP contribution in [0.15, 0.2) is 22.3 Å². The van der Waals surface area contributed by atoms with Crippen LogP contribution in [0.25, 0.3) is 0 Å². The van der Waals surface area contributed by atoms with E-state index in [4.69, 9.17) is 0 Å². The molecule has 0 N–H and O–H groups in total. The molecule has 2 aliphatic carbocycles. The number of ketones is 1. The van der Waals surface area contributed by atoms with E-state index >= 15 is 0 Å². The van der Waals surface area contributed by atoms with Crippen LogP contribution in [-0.2, 0) is 4.79 Å². The van der Waals surface area contributed by atoms with Gasteiger partial charge in [0.05, 0.1) is 0 Å². The van der Waals surface area contributed by atoms with E-state index in [9.17, 15) is 4.79 Å². The number of rotatable bonds is 7. The number of Topliss-reactive ketones (excluding diaryl/α,β-unsaturated/α-hetero) is 1. The maximum atomic E-state index is 12.3. The largest absolute Gasteiger partial charge is 0.295 e. The zero-order valence-electron chi connectivity index (χ0n) is 17.8. The molecular formula is C24H42O. The standard InChI is InChI=1S/C22H36O.C2H6/c1-5-16(2)10-6-7-11-17(3)22-18(4)12-8-13-19-20(22)14-9-15-21(19)23;1-2/h16-17H,5-15H2,1-4H3;1-2H3. The quantitative estimate of drug-likeness (QED) is 0.430. The van der Waals surface area contributed by atoms with Gasteiger partial charge in [0.25, 0.3) is 0 Å². The molecule has 0 aromatic carbocycles. The number of unbranched alkanes of at least 4 members (excludes halogenated alkanes) is 1. The van der Waals surface area contributed by atoms with E-state index in [0.717, 1.165) is 31.6 Å². The van der Waals surface area contributed by atoms with Gasteiger partial charge in [0.15, 0.2) is 5.78 Å². The number of hydrogen-bond donors (Lipinski definition) is 0. The highest BCUT2D eigenvalue weighted by Crippen LogP contribution is 2.40. The van der Waals surface area contributed by atoms with Crippen molar-refractivity contribution in [3.8, 4) is 0 Å². The highest BCUT2D eigenvalue weighted by atomic mass is 16.1. The van der Waals surface area contributed by atoms with E-state index in [1.54, 1.807) is 11.1 Å². The Labute approximate surface area is 157 Å². The molecule has 2 aliphatic rings. The number of carbonyl (C=O) groups is 1. The summed E-state index contributed by atoms with van der Waals surface area (Å²) in [4.78, 5) is 12.3. The first-order valence-electron chi connectivity index (χ1n) is 11.0. The first kappa shape index (κ1) is 22.2. The SMILES string of the molecule is CC.CCC(C)CCCCC(C)C1=C(C)CCCC2=C1CCCC2=O. The molecule has 0 fully saturated rings. The molecule has 0 bridgehead atoms. The van der Waals surface area contributed by atoms with Crippen LogP contribution in [0.4, 0.5) is 0 Å². The summed E-state index contributed by atoms with van der Waals surface area (Å²) < 4.78 is 0. The molecule has 0 aromatic heterocycles. The highest BCUT2D eigenvalue weighted by molar-refractivity contribution is 5.97. The van der Waals surface area contributed by atoms with Gasteiger partial charge in [-0.25, -0.2) is 0 Å². The molecule has 144 valence electrons. The van der Waals surface area contributed by atoms with Crippen molar-refractivity contribution in [1.82, 2.24) is 0 Å². The maximum absolute atomic E-state index is 12.3. The Balaban J connectivity index is 0.00000151. The molecule has 1 heteroatoms. The van der Waals surface area contributed by atoms with Crippen LogP contribution < -0.4 is 0 Å². The van der Waals surface area contributed by atoms with Gasteiger partial charge in [-0.2, -0.15) is 0 Å². The lowest BCUT2D eigenvalue weighted by atomic mass is 9.79. The average molecular weight is 347 g/mol.